The molecule has 2 nitrogen and oxygen atoms in total. The minimum atomic E-state index is 0.250. The number of aliphatic hydroxyl groups excluding tert-OH is 1. The van der Waals surface area contributed by atoms with Crippen LogP contribution in [0.1, 0.15) is 19.8 Å². The summed E-state index contributed by atoms with van der Waals surface area (Å²) < 4.78 is 0. The van der Waals surface area contributed by atoms with Gasteiger partial charge in [-0.3, -0.25) is 0 Å². The van der Waals surface area contributed by atoms with Crippen LogP contribution in [-0.4, -0.2) is 29.7 Å². The van der Waals surface area contributed by atoms with Crippen LogP contribution in [0.25, 0.3) is 0 Å². The van der Waals surface area contributed by atoms with E-state index in [9.17, 15) is 0 Å². The van der Waals surface area contributed by atoms with Crippen molar-refractivity contribution < 1.29 is 5.11 Å². The molecule has 0 radical (unpaired) electrons. The van der Waals surface area contributed by atoms with E-state index in [1.807, 2.05) is 6.20 Å². The predicted molar refractivity (Wildman–Crippen MR) is 43.8 cm³/mol. The minimum absolute atomic E-state index is 0.250. The maximum atomic E-state index is 7.57. The average Bonchev–Trinajstić information content (AvgIpc) is 2.39. The van der Waals surface area contributed by atoms with Crippen LogP contribution in [0.3, 0.4) is 0 Å². The second kappa shape index (κ2) is 6.62. The Morgan fingerprint density at radius 3 is 2.10 bits per heavy atom. The Morgan fingerprint density at radius 1 is 1.50 bits per heavy atom. The van der Waals surface area contributed by atoms with Crippen molar-refractivity contribution in [2.45, 2.75) is 19.8 Å². The number of rotatable bonds is 1. The second-order valence-corrected chi connectivity index (χ2v) is 2.24. The first-order valence-electron chi connectivity index (χ1n) is 3.82. The number of aliphatic hydroxyl groups is 1. The van der Waals surface area contributed by atoms with Gasteiger partial charge in [0.25, 0.3) is 0 Å². The zero-order valence-electron chi connectivity index (χ0n) is 6.71. The Kier molecular flexibility index (Phi) is 6.29. The van der Waals surface area contributed by atoms with Crippen molar-refractivity contribution in [3.8, 4) is 0 Å². The van der Waals surface area contributed by atoms with Crippen molar-refractivity contribution >= 4 is 0 Å². The lowest BCUT2D eigenvalue weighted by atomic mass is 10.4. The molecule has 0 aromatic carbocycles. The molecule has 2 heteroatoms. The van der Waals surface area contributed by atoms with Crippen LogP contribution >= 0.6 is 0 Å². The summed E-state index contributed by atoms with van der Waals surface area (Å²) in [6.07, 6.45) is 4.63. The summed E-state index contributed by atoms with van der Waals surface area (Å²) in [5, 5.41) is 7.57. The molecule has 1 fully saturated rings. The van der Waals surface area contributed by atoms with Gasteiger partial charge in [0.05, 0.1) is 0 Å². The van der Waals surface area contributed by atoms with Gasteiger partial charge in [0.2, 0.25) is 0 Å². The smallest absolute Gasteiger partial charge is 0.0402 e. The van der Waals surface area contributed by atoms with Gasteiger partial charge in [0.15, 0.2) is 0 Å². The van der Waals surface area contributed by atoms with Gasteiger partial charge in [-0.05, 0) is 26.0 Å². The first-order chi connectivity index (χ1) is 4.85. The summed E-state index contributed by atoms with van der Waals surface area (Å²) in [7, 11) is 0. The maximum absolute atomic E-state index is 7.57. The third kappa shape index (κ3) is 4.39. The van der Waals surface area contributed by atoms with Gasteiger partial charge in [-0.2, -0.15) is 0 Å². The van der Waals surface area contributed by atoms with Crippen molar-refractivity contribution in [2.24, 2.45) is 0 Å². The first-order valence-corrected chi connectivity index (χ1v) is 3.82. The summed E-state index contributed by atoms with van der Waals surface area (Å²) >= 11 is 0. The molecule has 0 aromatic rings. The molecule has 60 valence electrons. The Bertz CT molecular complexity index is 77.3. The summed E-state index contributed by atoms with van der Waals surface area (Å²) in [5.41, 5.74) is 0. The molecule has 0 aliphatic carbocycles. The summed E-state index contributed by atoms with van der Waals surface area (Å²) in [6, 6.07) is 0. The van der Waals surface area contributed by atoms with Crippen LogP contribution in [0.2, 0.25) is 0 Å². The van der Waals surface area contributed by atoms with Crippen molar-refractivity contribution in [1.82, 2.24) is 4.90 Å². The molecule has 0 spiro atoms. The highest BCUT2D eigenvalue weighted by Gasteiger charge is 2.04. The lowest BCUT2D eigenvalue weighted by Crippen LogP contribution is -2.08. The quantitative estimate of drug-likeness (QED) is 0.596. The molecule has 1 heterocycles. The Morgan fingerprint density at radius 2 is 1.90 bits per heavy atom. The van der Waals surface area contributed by atoms with E-state index < -0.39 is 0 Å². The van der Waals surface area contributed by atoms with Crippen LogP contribution in [0.15, 0.2) is 12.8 Å². The van der Waals surface area contributed by atoms with Crippen LogP contribution in [0, 0.1) is 0 Å². The molecule has 0 atom stereocenters. The molecule has 0 saturated carbocycles. The molecule has 1 rings (SSSR count). The van der Waals surface area contributed by atoms with Gasteiger partial charge >= 0.3 is 0 Å². The highest BCUT2D eigenvalue weighted by atomic mass is 16.2. The molecule has 0 bridgehead atoms. The van der Waals surface area contributed by atoms with Crippen LogP contribution < -0.4 is 0 Å². The normalized spacial score (nSPS) is 16.0. The standard InChI is InChI=1S/C6H11N.C2H6O/c1-2-7-5-3-4-6-7;1-2-3/h2H,1,3-6H2;3H,2H2,1H3. The fraction of sp³-hybridized carbons (Fsp3) is 0.750. The summed E-state index contributed by atoms with van der Waals surface area (Å²) in [6.45, 7) is 8.05. The van der Waals surface area contributed by atoms with Gasteiger partial charge in [-0.1, -0.05) is 6.58 Å². The van der Waals surface area contributed by atoms with E-state index in [0.717, 1.165) is 0 Å². The first kappa shape index (κ1) is 9.50. The van der Waals surface area contributed by atoms with Gasteiger partial charge in [0.1, 0.15) is 0 Å². The third-order valence-corrected chi connectivity index (χ3v) is 1.40. The molecular formula is C8H17NO. The van der Waals surface area contributed by atoms with E-state index in [1.54, 1.807) is 6.92 Å². The zero-order valence-corrected chi connectivity index (χ0v) is 6.71. The fourth-order valence-corrected chi connectivity index (χ4v) is 0.924. The van der Waals surface area contributed by atoms with Crippen LogP contribution in [-0.2, 0) is 0 Å². The predicted octanol–water partition coefficient (Wildman–Crippen LogP) is 1.22. The highest BCUT2D eigenvalue weighted by molar-refractivity contribution is 4.75. The highest BCUT2D eigenvalue weighted by Crippen LogP contribution is 2.05. The molecule has 1 N–H and O–H groups in total. The van der Waals surface area contributed by atoms with E-state index in [-0.39, 0.29) is 6.61 Å². The van der Waals surface area contributed by atoms with E-state index >= 15 is 0 Å². The molecule has 1 aliphatic rings. The van der Waals surface area contributed by atoms with Gasteiger partial charge in [0, 0.05) is 19.7 Å². The van der Waals surface area contributed by atoms with E-state index in [0.29, 0.717) is 0 Å². The Hall–Kier alpha value is -0.500. The SMILES string of the molecule is C=CN1CCCC1.CCO. The Labute approximate surface area is 63.2 Å². The molecule has 0 amide bonds. The summed E-state index contributed by atoms with van der Waals surface area (Å²) in [5.74, 6) is 0. The van der Waals surface area contributed by atoms with Crippen molar-refractivity contribution in [3.63, 3.8) is 0 Å². The second-order valence-electron chi connectivity index (χ2n) is 2.24. The Balaban J connectivity index is 0.000000236. The molecule has 0 unspecified atom stereocenters. The van der Waals surface area contributed by atoms with Gasteiger partial charge in [-0.15, -0.1) is 0 Å². The van der Waals surface area contributed by atoms with Gasteiger partial charge in [-0.25, -0.2) is 0 Å². The number of nitrogens with zero attached hydrogens (tertiary/aromatic N) is 1. The minimum Gasteiger partial charge on any atom is -0.397 e. The lowest BCUT2D eigenvalue weighted by Gasteiger charge is -2.07. The molecule has 1 saturated heterocycles. The topological polar surface area (TPSA) is 23.5 Å². The average molecular weight is 143 g/mol. The number of likely N-dealkylation sites (tertiary alicyclic amines) is 1. The molecule has 0 aromatic heterocycles. The van der Waals surface area contributed by atoms with E-state index in [1.165, 1.54) is 25.9 Å². The lowest BCUT2D eigenvalue weighted by molar-refractivity contribution is 0.318. The van der Waals surface area contributed by atoms with Gasteiger partial charge < -0.3 is 10.0 Å². The monoisotopic (exact) mass is 143 g/mol. The van der Waals surface area contributed by atoms with Crippen LogP contribution in [0.5, 0.6) is 0 Å². The van der Waals surface area contributed by atoms with E-state index in [4.69, 9.17) is 5.11 Å². The largest absolute Gasteiger partial charge is 0.397 e. The van der Waals surface area contributed by atoms with Crippen molar-refractivity contribution in [2.75, 3.05) is 19.7 Å². The van der Waals surface area contributed by atoms with Crippen LogP contribution in [0.4, 0.5) is 0 Å². The third-order valence-electron chi connectivity index (χ3n) is 1.40. The maximum Gasteiger partial charge on any atom is 0.0402 e. The zero-order chi connectivity index (χ0) is 7.82. The van der Waals surface area contributed by atoms with Crippen molar-refractivity contribution in [1.29, 1.82) is 0 Å². The molecule has 1 aliphatic heterocycles. The van der Waals surface area contributed by atoms with Crippen molar-refractivity contribution in [3.05, 3.63) is 12.8 Å². The molecule has 10 heavy (non-hydrogen) atoms. The summed E-state index contributed by atoms with van der Waals surface area (Å²) in [4.78, 5) is 2.25. The fourth-order valence-electron chi connectivity index (χ4n) is 0.924. The van der Waals surface area contributed by atoms with E-state index in [2.05, 4.69) is 11.5 Å². The molecular weight excluding hydrogens is 126 g/mol. The number of hydrogen-bond acceptors (Lipinski definition) is 2. The number of hydrogen-bond donors (Lipinski definition) is 1.